The van der Waals surface area contributed by atoms with Gasteiger partial charge >= 0.3 is 0 Å². The molecule has 1 fully saturated rings. The fourth-order valence-corrected chi connectivity index (χ4v) is 1.91. The number of nitrogens with one attached hydrogen (secondary N) is 1. The SMILES string of the molecule is C[C@]12CC=CNC=C1C2OCCN. The Balaban J connectivity index is 2.00. The van der Waals surface area contributed by atoms with Gasteiger partial charge < -0.3 is 15.8 Å². The van der Waals surface area contributed by atoms with Gasteiger partial charge in [0.2, 0.25) is 0 Å². The monoisotopic (exact) mass is 180 g/mol. The van der Waals surface area contributed by atoms with Crippen LogP contribution in [0.2, 0.25) is 0 Å². The van der Waals surface area contributed by atoms with E-state index in [4.69, 9.17) is 10.5 Å². The molecule has 0 aromatic carbocycles. The van der Waals surface area contributed by atoms with Crippen molar-refractivity contribution >= 4 is 0 Å². The fourth-order valence-electron chi connectivity index (χ4n) is 1.91. The summed E-state index contributed by atoms with van der Waals surface area (Å²) in [5.41, 5.74) is 6.99. The van der Waals surface area contributed by atoms with Gasteiger partial charge in [0.05, 0.1) is 12.7 Å². The van der Waals surface area contributed by atoms with E-state index in [-0.39, 0.29) is 11.5 Å². The van der Waals surface area contributed by atoms with Crippen molar-refractivity contribution in [2.75, 3.05) is 13.2 Å². The van der Waals surface area contributed by atoms with E-state index in [1.165, 1.54) is 5.57 Å². The summed E-state index contributed by atoms with van der Waals surface area (Å²) < 4.78 is 5.64. The number of ether oxygens (including phenoxy) is 1. The first-order valence-corrected chi connectivity index (χ1v) is 4.72. The molecule has 72 valence electrons. The van der Waals surface area contributed by atoms with Crippen molar-refractivity contribution in [2.45, 2.75) is 19.4 Å². The predicted molar refractivity (Wildman–Crippen MR) is 51.9 cm³/mol. The van der Waals surface area contributed by atoms with Gasteiger partial charge in [-0.25, -0.2) is 0 Å². The van der Waals surface area contributed by atoms with Crippen LogP contribution in [0.3, 0.4) is 0 Å². The predicted octanol–water partition coefficient (Wildman–Crippen LogP) is 0.741. The van der Waals surface area contributed by atoms with Gasteiger partial charge in [-0.15, -0.1) is 0 Å². The molecule has 2 aliphatic rings. The normalized spacial score (nSPS) is 35.8. The molecule has 2 atom stereocenters. The lowest BCUT2D eigenvalue weighted by Crippen LogP contribution is -2.13. The van der Waals surface area contributed by atoms with E-state index >= 15 is 0 Å². The second-order valence-corrected chi connectivity index (χ2v) is 3.83. The lowest BCUT2D eigenvalue weighted by Gasteiger charge is -2.06. The lowest BCUT2D eigenvalue weighted by molar-refractivity contribution is 0.103. The zero-order valence-electron chi connectivity index (χ0n) is 7.92. The highest BCUT2D eigenvalue weighted by Crippen LogP contribution is 2.56. The first-order chi connectivity index (χ1) is 6.29. The summed E-state index contributed by atoms with van der Waals surface area (Å²) in [6.45, 7) is 3.49. The summed E-state index contributed by atoms with van der Waals surface area (Å²) in [5.74, 6) is 0. The minimum absolute atomic E-state index is 0.231. The second-order valence-electron chi connectivity index (χ2n) is 3.83. The van der Waals surface area contributed by atoms with Gasteiger partial charge in [-0.2, -0.15) is 0 Å². The molecular weight excluding hydrogens is 164 g/mol. The Bertz CT molecular complexity index is 260. The molecule has 0 bridgehead atoms. The molecule has 1 heterocycles. The van der Waals surface area contributed by atoms with Crippen LogP contribution >= 0.6 is 0 Å². The van der Waals surface area contributed by atoms with Crippen LogP contribution in [0.4, 0.5) is 0 Å². The van der Waals surface area contributed by atoms with E-state index in [0.29, 0.717) is 13.2 Å². The van der Waals surface area contributed by atoms with E-state index in [2.05, 4.69) is 18.3 Å². The minimum atomic E-state index is 0.231. The van der Waals surface area contributed by atoms with Gasteiger partial charge in [-0.05, 0) is 18.2 Å². The molecule has 3 nitrogen and oxygen atoms in total. The number of allylic oxidation sites excluding steroid dienone is 1. The number of fused-ring (bicyclic) bond motifs is 1. The Kier molecular flexibility index (Phi) is 2.14. The highest BCUT2D eigenvalue weighted by molar-refractivity contribution is 5.41. The topological polar surface area (TPSA) is 47.3 Å². The van der Waals surface area contributed by atoms with Crippen molar-refractivity contribution in [2.24, 2.45) is 11.1 Å². The van der Waals surface area contributed by atoms with Crippen molar-refractivity contribution < 1.29 is 4.74 Å². The largest absolute Gasteiger partial charge is 0.372 e. The van der Waals surface area contributed by atoms with Crippen LogP contribution in [0.25, 0.3) is 0 Å². The van der Waals surface area contributed by atoms with E-state index in [1.54, 1.807) is 0 Å². The fraction of sp³-hybridized carbons (Fsp3) is 0.600. The molecule has 13 heavy (non-hydrogen) atoms. The Morgan fingerprint density at radius 3 is 3.38 bits per heavy atom. The third-order valence-electron chi connectivity index (χ3n) is 2.83. The highest BCUT2D eigenvalue weighted by Gasteiger charge is 2.56. The molecule has 3 heteroatoms. The summed E-state index contributed by atoms with van der Waals surface area (Å²) in [4.78, 5) is 0. The molecule has 0 spiro atoms. The smallest absolute Gasteiger partial charge is 0.0904 e. The van der Waals surface area contributed by atoms with Crippen LogP contribution in [0, 0.1) is 5.41 Å². The van der Waals surface area contributed by atoms with E-state index < -0.39 is 0 Å². The third kappa shape index (κ3) is 1.38. The summed E-state index contributed by atoms with van der Waals surface area (Å²) >= 11 is 0. The third-order valence-corrected chi connectivity index (χ3v) is 2.83. The number of hydrogen-bond donors (Lipinski definition) is 2. The molecule has 1 aliphatic carbocycles. The van der Waals surface area contributed by atoms with Crippen LogP contribution in [0.15, 0.2) is 24.0 Å². The molecule has 2 rings (SSSR count). The van der Waals surface area contributed by atoms with E-state index in [9.17, 15) is 0 Å². The maximum Gasteiger partial charge on any atom is 0.0904 e. The number of hydrogen-bond acceptors (Lipinski definition) is 3. The molecule has 1 unspecified atom stereocenters. The number of rotatable bonds is 3. The molecule has 0 radical (unpaired) electrons. The average molecular weight is 180 g/mol. The Morgan fingerprint density at radius 1 is 1.77 bits per heavy atom. The molecule has 0 aromatic rings. The van der Waals surface area contributed by atoms with Gasteiger partial charge in [0.25, 0.3) is 0 Å². The zero-order valence-corrected chi connectivity index (χ0v) is 7.92. The van der Waals surface area contributed by atoms with E-state index in [0.717, 1.165) is 6.42 Å². The Morgan fingerprint density at radius 2 is 2.62 bits per heavy atom. The summed E-state index contributed by atoms with van der Waals surface area (Å²) in [6, 6.07) is 0. The quantitative estimate of drug-likeness (QED) is 0.673. The molecule has 3 N–H and O–H groups in total. The molecule has 0 saturated heterocycles. The van der Waals surface area contributed by atoms with Crippen molar-refractivity contribution in [1.82, 2.24) is 5.32 Å². The Hall–Kier alpha value is -0.800. The second kappa shape index (κ2) is 3.16. The van der Waals surface area contributed by atoms with Crippen molar-refractivity contribution in [1.29, 1.82) is 0 Å². The minimum Gasteiger partial charge on any atom is -0.372 e. The zero-order chi connectivity index (χ0) is 9.31. The first-order valence-electron chi connectivity index (χ1n) is 4.72. The van der Waals surface area contributed by atoms with Crippen LogP contribution < -0.4 is 11.1 Å². The highest BCUT2D eigenvalue weighted by atomic mass is 16.5. The lowest BCUT2D eigenvalue weighted by atomic mass is 10.0. The molecule has 0 aromatic heterocycles. The maximum absolute atomic E-state index is 5.64. The maximum atomic E-state index is 5.64. The van der Waals surface area contributed by atoms with E-state index in [1.807, 2.05) is 12.4 Å². The van der Waals surface area contributed by atoms with Gasteiger partial charge in [-0.3, -0.25) is 0 Å². The van der Waals surface area contributed by atoms with Crippen LogP contribution in [0.5, 0.6) is 0 Å². The van der Waals surface area contributed by atoms with Crippen molar-refractivity contribution in [3.05, 3.63) is 24.0 Å². The molecule has 1 aliphatic heterocycles. The summed E-state index contributed by atoms with van der Waals surface area (Å²) in [7, 11) is 0. The first kappa shape index (κ1) is 8.78. The molecule has 0 amide bonds. The summed E-state index contributed by atoms with van der Waals surface area (Å²) in [5, 5.41) is 3.12. The van der Waals surface area contributed by atoms with Gasteiger partial charge in [0, 0.05) is 18.2 Å². The van der Waals surface area contributed by atoms with Crippen molar-refractivity contribution in [3.8, 4) is 0 Å². The van der Waals surface area contributed by atoms with Gasteiger partial charge in [0.15, 0.2) is 0 Å². The Labute approximate surface area is 78.6 Å². The van der Waals surface area contributed by atoms with Crippen LogP contribution in [0.1, 0.15) is 13.3 Å². The van der Waals surface area contributed by atoms with Gasteiger partial charge in [0.1, 0.15) is 0 Å². The summed E-state index contributed by atoms with van der Waals surface area (Å²) in [6.07, 6.45) is 7.51. The molecule has 1 saturated carbocycles. The van der Waals surface area contributed by atoms with Crippen molar-refractivity contribution in [3.63, 3.8) is 0 Å². The standard InChI is InChI=1S/C10H16N2O/c1-10-3-2-5-12-7-8(10)9(10)13-6-4-11/h2,5,7,9,12H,3-4,6,11H2,1H3/t9?,10-/m0/s1. The van der Waals surface area contributed by atoms with Gasteiger partial charge in [-0.1, -0.05) is 13.0 Å². The number of nitrogens with two attached hydrogens (primary N) is 1. The van der Waals surface area contributed by atoms with Crippen LogP contribution in [-0.2, 0) is 4.74 Å². The average Bonchev–Trinajstić information content (AvgIpc) is 2.71. The molecular formula is C10H16N2O. The van der Waals surface area contributed by atoms with Crippen LogP contribution in [-0.4, -0.2) is 19.3 Å².